The summed E-state index contributed by atoms with van der Waals surface area (Å²) in [7, 11) is 0. The Kier molecular flexibility index (Phi) is 10.4. The highest BCUT2D eigenvalue weighted by atomic mass is 16.7. The van der Waals surface area contributed by atoms with E-state index in [9.17, 15) is 0 Å². The van der Waals surface area contributed by atoms with Crippen molar-refractivity contribution in [3.05, 3.63) is 17.9 Å². The third-order valence-corrected chi connectivity index (χ3v) is 4.10. The normalized spacial score (nSPS) is 24.9. The molecule has 0 spiro atoms. The SMILES string of the molecule is C(=CCCCOC1CCCCO1)=CCCCOC1CCCCO1. The second-order valence-electron chi connectivity index (χ2n) is 6.19. The zero-order valence-electron chi connectivity index (χ0n) is 14.3. The number of rotatable bonds is 10. The van der Waals surface area contributed by atoms with Crippen LogP contribution in [0.2, 0.25) is 0 Å². The molecule has 2 unspecified atom stereocenters. The minimum Gasteiger partial charge on any atom is -0.353 e. The van der Waals surface area contributed by atoms with Crippen LogP contribution in [-0.4, -0.2) is 39.0 Å². The van der Waals surface area contributed by atoms with Gasteiger partial charge in [-0.2, -0.15) is 0 Å². The van der Waals surface area contributed by atoms with E-state index in [1.54, 1.807) is 0 Å². The Morgan fingerprint density at radius 1 is 0.783 bits per heavy atom. The van der Waals surface area contributed by atoms with Crippen LogP contribution in [0.15, 0.2) is 17.9 Å². The van der Waals surface area contributed by atoms with Gasteiger partial charge >= 0.3 is 0 Å². The molecule has 4 heteroatoms. The summed E-state index contributed by atoms with van der Waals surface area (Å²) in [5, 5.41) is 0. The van der Waals surface area contributed by atoms with Crippen molar-refractivity contribution in [2.24, 2.45) is 0 Å². The molecule has 0 aromatic heterocycles. The van der Waals surface area contributed by atoms with E-state index in [0.29, 0.717) is 0 Å². The highest BCUT2D eigenvalue weighted by Crippen LogP contribution is 2.14. The molecule has 2 aliphatic heterocycles. The first-order valence-corrected chi connectivity index (χ1v) is 9.31. The zero-order valence-corrected chi connectivity index (χ0v) is 14.3. The molecule has 0 aliphatic carbocycles. The molecule has 0 aromatic carbocycles. The van der Waals surface area contributed by atoms with Crippen molar-refractivity contribution in [1.82, 2.24) is 0 Å². The van der Waals surface area contributed by atoms with Gasteiger partial charge in [0, 0.05) is 13.2 Å². The molecule has 0 saturated carbocycles. The Labute approximate surface area is 140 Å². The third kappa shape index (κ3) is 9.29. The molecule has 2 rings (SSSR count). The van der Waals surface area contributed by atoms with E-state index in [4.69, 9.17) is 18.9 Å². The van der Waals surface area contributed by atoms with Crippen LogP contribution in [0.4, 0.5) is 0 Å². The number of ether oxygens (including phenoxy) is 4. The summed E-state index contributed by atoms with van der Waals surface area (Å²) in [5.41, 5.74) is 3.24. The summed E-state index contributed by atoms with van der Waals surface area (Å²) in [5.74, 6) is 0. The Bertz CT molecular complexity index is 307. The number of hydrogen-bond donors (Lipinski definition) is 0. The lowest BCUT2D eigenvalue weighted by molar-refractivity contribution is -0.162. The fourth-order valence-corrected chi connectivity index (χ4v) is 2.74. The van der Waals surface area contributed by atoms with Crippen LogP contribution >= 0.6 is 0 Å². The molecule has 132 valence electrons. The Balaban J connectivity index is 1.37. The first-order valence-electron chi connectivity index (χ1n) is 9.31. The van der Waals surface area contributed by atoms with Crippen LogP contribution in [0.3, 0.4) is 0 Å². The molecular formula is C19H32O4. The summed E-state index contributed by atoms with van der Waals surface area (Å²) in [6.45, 7) is 3.25. The fraction of sp³-hybridized carbons (Fsp3) is 0.842. The number of hydrogen-bond acceptors (Lipinski definition) is 4. The van der Waals surface area contributed by atoms with E-state index >= 15 is 0 Å². The van der Waals surface area contributed by atoms with Crippen molar-refractivity contribution < 1.29 is 18.9 Å². The minimum atomic E-state index is 0.0383. The van der Waals surface area contributed by atoms with Gasteiger partial charge in [-0.05, 0) is 76.4 Å². The van der Waals surface area contributed by atoms with E-state index in [0.717, 1.165) is 65.0 Å². The molecule has 2 aliphatic rings. The molecule has 2 saturated heterocycles. The number of allylic oxidation sites excluding steroid dienone is 1. The Morgan fingerprint density at radius 2 is 1.30 bits per heavy atom. The van der Waals surface area contributed by atoms with E-state index in [1.165, 1.54) is 25.7 Å². The van der Waals surface area contributed by atoms with Crippen molar-refractivity contribution in [1.29, 1.82) is 0 Å². The molecule has 4 nitrogen and oxygen atoms in total. The van der Waals surface area contributed by atoms with Crippen molar-refractivity contribution in [3.8, 4) is 0 Å². The Hall–Kier alpha value is -0.640. The van der Waals surface area contributed by atoms with Crippen LogP contribution in [0, 0.1) is 0 Å². The molecule has 23 heavy (non-hydrogen) atoms. The molecule has 2 heterocycles. The van der Waals surface area contributed by atoms with Gasteiger partial charge in [0.1, 0.15) is 0 Å². The molecule has 0 N–H and O–H groups in total. The van der Waals surface area contributed by atoms with Gasteiger partial charge in [-0.3, -0.25) is 0 Å². The van der Waals surface area contributed by atoms with Gasteiger partial charge in [-0.1, -0.05) is 0 Å². The van der Waals surface area contributed by atoms with E-state index < -0.39 is 0 Å². The monoisotopic (exact) mass is 324 g/mol. The van der Waals surface area contributed by atoms with Gasteiger partial charge in [0.2, 0.25) is 0 Å². The van der Waals surface area contributed by atoms with Gasteiger partial charge in [0.05, 0.1) is 13.2 Å². The smallest absolute Gasteiger partial charge is 0.157 e. The maximum atomic E-state index is 5.69. The quantitative estimate of drug-likeness (QED) is 0.442. The first-order chi connectivity index (χ1) is 11.4. The largest absolute Gasteiger partial charge is 0.353 e. The summed E-state index contributed by atoms with van der Waals surface area (Å²) in [4.78, 5) is 0. The average molecular weight is 324 g/mol. The molecule has 2 fully saturated rings. The van der Waals surface area contributed by atoms with Crippen molar-refractivity contribution in [2.45, 2.75) is 76.8 Å². The van der Waals surface area contributed by atoms with Gasteiger partial charge in [0.25, 0.3) is 0 Å². The van der Waals surface area contributed by atoms with Crippen LogP contribution < -0.4 is 0 Å². The third-order valence-electron chi connectivity index (χ3n) is 4.10. The summed E-state index contributed by atoms with van der Waals surface area (Å²) in [6, 6.07) is 0. The molecule has 0 aromatic rings. The van der Waals surface area contributed by atoms with Crippen LogP contribution in [0.25, 0.3) is 0 Å². The van der Waals surface area contributed by atoms with Gasteiger partial charge in [-0.15, -0.1) is 5.73 Å². The minimum absolute atomic E-state index is 0.0383. The van der Waals surface area contributed by atoms with E-state index in [-0.39, 0.29) is 12.6 Å². The summed E-state index contributed by atoms with van der Waals surface area (Å²) >= 11 is 0. The van der Waals surface area contributed by atoms with Crippen LogP contribution in [0.5, 0.6) is 0 Å². The van der Waals surface area contributed by atoms with Crippen molar-refractivity contribution in [2.75, 3.05) is 26.4 Å². The van der Waals surface area contributed by atoms with Crippen molar-refractivity contribution in [3.63, 3.8) is 0 Å². The lowest BCUT2D eigenvalue weighted by Gasteiger charge is -2.22. The van der Waals surface area contributed by atoms with Crippen molar-refractivity contribution >= 4 is 0 Å². The predicted octanol–water partition coefficient (Wildman–Crippen LogP) is 4.34. The lowest BCUT2D eigenvalue weighted by atomic mass is 10.2. The molecule has 0 radical (unpaired) electrons. The van der Waals surface area contributed by atoms with E-state index in [2.05, 4.69) is 17.9 Å². The predicted molar refractivity (Wildman–Crippen MR) is 90.2 cm³/mol. The molecular weight excluding hydrogens is 292 g/mol. The highest BCUT2D eigenvalue weighted by molar-refractivity contribution is 4.84. The fourth-order valence-electron chi connectivity index (χ4n) is 2.74. The maximum absolute atomic E-state index is 5.69. The average Bonchev–Trinajstić information content (AvgIpc) is 2.61. The van der Waals surface area contributed by atoms with Crippen LogP contribution in [0.1, 0.15) is 64.2 Å². The molecule has 2 atom stereocenters. The second kappa shape index (κ2) is 12.7. The molecule has 0 bridgehead atoms. The van der Waals surface area contributed by atoms with Gasteiger partial charge in [0.15, 0.2) is 12.6 Å². The lowest BCUT2D eigenvalue weighted by Crippen LogP contribution is -2.22. The van der Waals surface area contributed by atoms with Crippen LogP contribution in [-0.2, 0) is 18.9 Å². The number of unbranched alkanes of at least 4 members (excludes halogenated alkanes) is 2. The standard InChI is InChI=1S/C19H32O4/c1(2-4-8-14-20-18-12-6-10-16-22-18)3-5-9-15-21-19-13-7-11-17-23-19/h2-3,18-19H,4-17H2. The first kappa shape index (κ1) is 18.7. The van der Waals surface area contributed by atoms with E-state index in [1.807, 2.05) is 0 Å². The van der Waals surface area contributed by atoms with Gasteiger partial charge in [-0.25, -0.2) is 0 Å². The second-order valence-corrected chi connectivity index (χ2v) is 6.19. The topological polar surface area (TPSA) is 36.9 Å². The molecule has 0 amide bonds. The highest BCUT2D eigenvalue weighted by Gasteiger charge is 2.13. The van der Waals surface area contributed by atoms with Gasteiger partial charge < -0.3 is 18.9 Å². The maximum Gasteiger partial charge on any atom is 0.157 e. The Morgan fingerprint density at radius 3 is 1.74 bits per heavy atom. The zero-order chi connectivity index (χ0) is 16.0. The summed E-state index contributed by atoms with van der Waals surface area (Å²) in [6.07, 6.45) is 15.2. The summed E-state index contributed by atoms with van der Waals surface area (Å²) < 4.78 is 22.4.